The Morgan fingerprint density at radius 1 is 0.600 bits per heavy atom. The zero-order valence-corrected chi connectivity index (χ0v) is 30.2. The Hall–Kier alpha value is -1.59. The molecule has 50 heavy (non-hydrogen) atoms. The third-order valence-corrected chi connectivity index (χ3v) is 9.78. The van der Waals surface area contributed by atoms with Crippen LogP contribution < -0.4 is 0 Å². The molecule has 2 aliphatic heterocycles. The third-order valence-electron chi connectivity index (χ3n) is 9.78. The Balaban J connectivity index is 2.75. The summed E-state index contributed by atoms with van der Waals surface area (Å²) in [6, 6.07) is 0. The highest BCUT2D eigenvalue weighted by atomic mass is 16.8. The van der Waals surface area contributed by atoms with Crippen LogP contribution in [0.3, 0.4) is 0 Å². The molecule has 0 aromatic heterocycles. The standard InChI is InChI=1S/C36H64O14/c1-4-7-10-13-16-19-26(39)35(27(40)20-17-14-11-8-5-2,49-28(41)21-18-15-12-9-6-3)36(33(46)30(43)25(23-38)48-36)50-34-32(45)31(44)29(42)24(22-37)47-34/h24-25,29-34,37-38,42-46H,4-23H2,1-3H3/t24-,25-,29-,30-,31+,32-,33+,34-,36-/m1/s1. The number of ether oxygens (including phenoxy) is 4. The normalized spacial score (nSPS) is 30.0. The number of hydrogen-bond donors (Lipinski definition) is 7. The van der Waals surface area contributed by atoms with E-state index >= 15 is 0 Å². The summed E-state index contributed by atoms with van der Waals surface area (Å²) in [5.74, 6) is -6.00. The van der Waals surface area contributed by atoms with E-state index in [9.17, 15) is 50.1 Å². The van der Waals surface area contributed by atoms with Crippen molar-refractivity contribution >= 4 is 17.5 Å². The lowest BCUT2D eigenvalue weighted by atomic mass is 9.76. The lowest BCUT2D eigenvalue weighted by Crippen LogP contribution is -2.74. The number of rotatable bonds is 26. The minimum atomic E-state index is -3.09. The average molecular weight is 721 g/mol. The van der Waals surface area contributed by atoms with Crippen molar-refractivity contribution in [2.75, 3.05) is 13.2 Å². The Labute approximate surface area is 296 Å². The summed E-state index contributed by atoms with van der Waals surface area (Å²) < 4.78 is 23.5. The van der Waals surface area contributed by atoms with Crippen LogP contribution in [0.2, 0.25) is 0 Å². The number of hydrogen-bond acceptors (Lipinski definition) is 14. The minimum Gasteiger partial charge on any atom is -0.437 e. The van der Waals surface area contributed by atoms with Crippen LogP contribution in [0.25, 0.3) is 0 Å². The molecule has 0 aromatic rings. The molecule has 9 atom stereocenters. The summed E-state index contributed by atoms with van der Waals surface area (Å²) in [5.41, 5.74) is -3.05. The minimum absolute atomic E-state index is 0.197. The molecule has 0 spiro atoms. The zero-order valence-electron chi connectivity index (χ0n) is 30.2. The fourth-order valence-electron chi connectivity index (χ4n) is 6.70. The number of aliphatic hydroxyl groups excluding tert-OH is 7. The number of aliphatic hydroxyl groups is 7. The monoisotopic (exact) mass is 720 g/mol. The van der Waals surface area contributed by atoms with Crippen molar-refractivity contribution in [2.45, 2.75) is 197 Å². The molecule has 7 N–H and O–H groups in total. The highest BCUT2D eigenvalue weighted by Crippen LogP contribution is 2.47. The van der Waals surface area contributed by atoms with Gasteiger partial charge in [-0.1, -0.05) is 97.8 Å². The highest BCUT2D eigenvalue weighted by molar-refractivity contribution is 6.13. The van der Waals surface area contributed by atoms with Gasteiger partial charge in [0.15, 0.2) is 17.9 Å². The molecule has 14 heteroatoms. The van der Waals surface area contributed by atoms with Gasteiger partial charge in [-0.3, -0.25) is 14.4 Å². The number of unbranched alkanes of at least 4 members (excludes halogenated alkanes) is 12. The number of Topliss-reactive ketones (excluding diaryl/α,β-unsaturated/α-hetero) is 2. The first-order valence-electron chi connectivity index (χ1n) is 18.8. The number of carbonyl (C=O) groups is 3. The molecule has 0 radical (unpaired) electrons. The lowest BCUT2D eigenvalue weighted by Gasteiger charge is -2.49. The van der Waals surface area contributed by atoms with E-state index in [4.69, 9.17) is 18.9 Å². The topological polar surface area (TPSA) is 230 Å². The van der Waals surface area contributed by atoms with Crippen molar-refractivity contribution in [1.29, 1.82) is 0 Å². The van der Waals surface area contributed by atoms with Gasteiger partial charge in [0.05, 0.1) is 13.2 Å². The largest absolute Gasteiger partial charge is 0.437 e. The summed E-state index contributed by atoms with van der Waals surface area (Å²) in [7, 11) is 0. The van der Waals surface area contributed by atoms with Crippen molar-refractivity contribution in [2.24, 2.45) is 0 Å². The Morgan fingerprint density at radius 2 is 1.06 bits per heavy atom. The fraction of sp³-hybridized carbons (Fsp3) is 0.917. The second-order valence-corrected chi connectivity index (χ2v) is 13.8. The van der Waals surface area contributed by atoms with Gasteiger partial charge in [0, 0.05) is 19.3 Å². The van der Waals surface area contributed by atoms with E-state index in [-0.39, 0.29) is 32.1 Å². The van der Waals surface area contributed by atoms with Crippen LogP contribution in [0.1, 0.15) is 136 Å². The van der Waals surface area contributed by atoms with Gasteiger partial charge < -0.3 is 54.7 Å². The summed E-state index contributed by atoms with van der Waals surface area (Å²) in [6.45, 7) is 4.32. The number of carbonyl (C=O) groups excluding carboxylic acids is 3. The van der Waals surface area contributed by atoms with Gasteiger partial charge in [0.1, 0.15) is 42.7 Å². The molecule has 2 saturated heterocycles. The maximum absolute atomic E-state index is 14.7. The van der Waals surface area contributed by atoms with Crippen LogP contribution in [0, 0.1) is 0 Å². The molecule has 0 unspecified atom stereocenters. The number of esters is 1. The van der Waals surface area contributed by atoms with Gasteiger partial charge in [-0.05, 0) is 19.3 Å². The van der Waals surface area contributed by atoms with Crippen LogP contribution in [0.15, 0.2) is 0 Å². The second-order valence-electron chi connectivity index (χ2n) is 13.8. The van der Waals surface area contributed by atoms with Crippen molar-refractivity contribution in [1.82, 2.24) is 0 Å². The van der Waals surface area contributed by atoms with Gasteiger partial charge in [0.25, 0.3) is 11.4 Å². The van der Waals surface area contributed by atoms with E-state index < -0.39 is 91.2 Å². The van der Waals surface area contributed by atoms with Crippen molar-refractivity contribution < 1.29 is 69.1 Å². The maximum atomic E-state index is 14.7. The molecule has 0 saturated carbocycles. The van der Waals surface area contributed by atoms with E-state index in [0.29, 0.717) is 25.7 Å². The molecule has 2 rings (SSSR count). The Bertz CT molecular complexity index is 981. The Morgan fingerprint density at radius 3 is 1.50 bits per heavy atom. The first-order valence-corrected chi connectivity index (χ1v) is 18.8. The molecule has 292 valence electrons. The third kappa shape index (κ3) is 11.0. The zero-order chi connectivity index (χ0) is 37.3. The first kappa shape index (κ1) is 44.6. The van der Waals surface area contributed by atoms with Crippen molar-refractivity contribution in [3.8, 4) is 0 Å². The van der Waals surface area contributed by atoms with Gasteiger partial charge in [0.2, 0.25) is 0 Å². The lowest BCUT2D eigenvalue weighted by molar-refractivity contribution is -0.401. The highest BCUT2D eigenvalue weighted by Gasteiger charge is 2.75. The molecule has 0 aromatic carbocycles. The van der Waals surface area contributed by atoms with E-state index in [0.717, 1.165) is 57.8 Å². The van der Waals surface area contributed by atoms with Crippen LogP contribution in [-0.2, 0) is 33.3 Å². The van der Waals surface area contributed by atoms with E-state index in [1.54, 1.807) is 0 Å². The molecule has 2 aliphatic rings. The van der Waals surface area contributed by atoms with Crippen molar-refractivity contribution in [3.63, 3.8) is 0 Å². The average Bonchev–Trinajstić information content (AvgIpc) is 3.35. The predicted octanol–water partition coefficient (Wildman–Crippen LogP) is 2.11. The summed E-state index contributed by atoms with van der Waals surface area (Å²) in [4.78, 5) is 43.1. The number of ketones is 2. The molecule has 14 nitrogen and oxygen atoms in total. The van der Waals surface area contributed by atoms with Crippen LogP contribution >= 0.6 is 0 Å². The summed E-state index contributed by atoms with van der Waals surface area (Å²) >= 11 is 0. The SMILES string of the molecule is CCCCCCCC(=O)OC(C(=O)CCCCCCC)(C(=O)CCCCCCC)[C@@]1(O[C@H]2O[C@H](CO)[C@@H](O)[C@H](O)[C@H]2O)O[C@H](CO)[C@@H](O)[C@@H]1O. The van der Waals surface area contributed by atoms with Gasteiger partial charge in [-0.2, -0.15) is 0 Å². The van der Waals surface area contributed by atoms with E-state index in [2.05, 4.69) is 0 Å². The smallest absolute Gasteiger partial charge is 0.307 e. The second kappa shape index (κ2) is 22.5. The molecular weight excluding hydrogens is 656 g/mol. The first-order chi connectivity index (χ1) is 23.9. The van der Waals surface area contributed by atoms with Crippen LogP contribution in [0.5, 0.6) is 0 Å². The molecule has 2 heterocycles. The fourth-order valence-corrected chi connectivity index (χ4v) is 6.70. The van der Waals surface area contributed by atoms with Gasteiger partial charge in [-0.25, -0.2) is 0 Å². The molecule has 0 amide bonds. The molecule has 2 fully saturated rings. The summed E-state index contributed by atoms with van der Waals surface area (Å²) in [6.07, 6.45) is -5.47. The van der Waals surface area contributed by atoms with Crippen LogP contribution in [0.4, 0.5) is 0 Å². The van der Waals surface area contributed by atoms with Gasteiger partial charge in [-0.15, -0.1) is 0 Å². The molecule has 0 bridgehead atoms. The predicted molar refractivity (Wildman–Crippen MR) is 181 cm³/mol. The molecule has 0 aliphatic carbocycles. The van der Waals surface area contributed by atoms with Crippen LogP contribution in [-0.4, -0.2) is 127 Å². The quantitative estimate of drug-likeness (QED) is 0.0386. The van der Waals surface area contributed by atoms with E-state index in [1.165, 1.54) is 0 Å². The maximum Gasteiger partial charge on any atom is 0.307 e. The van der Waals surface area contributed by atoms with Gasteiger partial charge >= 0.3 is 5.97 Å². The van der Waals surface area contributed by atoms with E-state index in [1.807, 2.05) is 20.8 Å². The summed E-state index contributed by atoms with van der Waals surface area (Å²) in [5, 5.41) is 74.8. The Kier molecular flexibility index (Phi) is 20.0. The molecular formula is C36H64O14. The van der Waals surface area contributed by atoms with Crippen molar-refractivity contribution in [3.05, 3.63) is 0 Å².